The highest BCUT2D eigenvalue weighted by atomic mass is 28.3. The first-order valence-electron chi connectivity index (χ1n) is 11.6. The normalized spacial score (nSPS) is 15.1. The summed E-state index contributed by atoms with van der Waals surface area (Å²) in [6, 6.07) is 0. The molecule has 1 aliphatic rings. The average Bonchev–Trinajstić information content (AvgIpc) is 2.95. The van der Waals surface area contributed by atoms with Gasteiger partial charge in [-0.15, -0.1) is 0 Å². The van der Waals surface area contributed by atoms with Crippen LogP contribution in [0.1, 0.15) is 73.4 Å². The lowest BCUT2D eigenvalue weighted by Gasteiger charge is -2.40. The number of carbonyl (C=O) groups is 3. The molecule has 0 radical (unpaired) electrons. The Kier molecular flexibility index (Phi) is 7.30. The molecule has 0 atom stereocenters. The van der Waals surface area contributed by atoms with E-state index in [1.165, 1.54) is 10.0 Å². The predicted octanol–water partition coefficient (Wildman–Crippen LogP) is 5.22. The maximum Gasteiger partial charge on any atom is 0.429 e. The van der Waals surface area contributed by atoms with Crippen molar-refractivity contribution in [2.45, 2.75) is 112 Å². The fourth-order valence-electron chi connectivity index (χ4n) is 3.61. The van der Waals surface area contributed by atoms with Crippen LogP contribution in [-0.4, -0.2) is 57.7 Å². The van der Waals surface area contributed by atoms with E-state index in [4.69, 9.17) is 14.2 Å². The molecule has 0 saturated heterocycles. The van der Waals surface area contributed by atoms with E-state index in [0.717, 1.165) is 16.4 Å². The van der Waals surface area contributed by atoms with E-state index >= 15 is 0 Å². The van der Waals surface area contributed by atoms with Gasteiger partial charge < -0.3 is 14.2 Å². The number of hydrogen-bond donors (Lipinski definition) is 0. The van der Waals surface area contributed by atoms with Crippen LogP contribution in [-0.2, 0) is 27.3 Å². The van der Waals surface area contributed by atoms with Crippen LogP contribution in [0.4, 0.5) is 14.4 Å². The molecule has 192 valence electrons. The zero-order valence-corrected chi connectivity index (χ0v) is 23.8. The van der Waals surface area contributed by atoms with Gasteiger partial charge in [0, 0.05) is 11.5 Å². The molecule has 0 aromatic carbocycles. The van der Waals surface area contributed by atoms with E-state index in [9.17, 15) is 14.4 Å². The Morgan fingerprint density at radius 2 is 1.09 bits per heavy atom. The molecule has 34 heavy (non-hydrogen) atoms. The van der Waals surface area contributed by atoms with Gasteiger partial charge in [-0.1, -0.05) is 19.6 Å². The van der Waals surface area contributed by atoms with Crippen molar-refractivity contribution < 1.29 is 28.6 Å². The van der Waals surface area contributed by atoms with Crippen LogP contribution in [0.15, 0.2) is 6.20 Å². The van der Waals surface area contributed by atoms with Gasteiger partial charge in [-0.25, -0.2) is 24.4 Å². The summed E-state index contributed by atoms with van der Waals surface area (Å²) in [5.74, 6) is 0. The molecule has 1 aliphatic heterocycles. The summed E-state index contributed by atoms with van der Waals surface area (Å²) < 4.78 is 18.4. The van der Waals surface area contributed by atoms with Gasteiger partial charge in [-0.05, 0) is 73.4 Å². The first kappa shape index (κ1) is 27.7. The van der Waals surface area contributed by atoms with Crippen molar-refractivity contribution in [2.24, 2.45) is 0 Å². The minimum Gasteiger partial charge on any atom is -0.443 e. The van der Waals surface area contributed by atoms with E-state index in [1.807, 2.05) is 20.8 Å². The largest absolute Gasteiger partial charge is 0.443 e. The lowest BCUT2D eigenvalue weighted by Crippen LogP contribution is -2.55. The SMILES string of the molecule is CC(C)(C)OC(=O)N1Cc2cn(C(=O)OC(C)(C)C)c([Si](C)(C)C)c2CN1C(=O)OC(C)(C)C. The number of amides is 2. The highest BCUT2D eigenvalue weighted by molar-refractivity contribution is 6.88. The number of aromatic nitrogens is 1. The molecule has 0 N–H and O–H groups in total. The van der Waals surface area contributed by atoms with Crippen molar-refractivity contribution in [1.82, 2.24) is 14.6 Å². The smallest absolute Gasteiger partial charge is 0.429 e. The lowest BCUT2D eigenvalue weighted by molar-refractivity contribution is -0.0748. The molecule has 2 rings (SSSR count). The van der Waals surface area contributed by atoms with Gasteiger partial charge in [0.1, 0.15) is 16.8 Å². The molecular formula is C24H41N3O6Si. The van der Waals surface area contributed by atoms with Crippen LogP contribution in [0.2, 0.25) is 19.6 Å². The Morgan fingerprint density at radius 3 is 1.47 bits per heavy atom. The topological polar surface area (TPSA) is 90.3 Å². The van der Waals surface area contributed by atoms with Crippen LogP contribution in [0.25, 0.3) is 0 Å². The second kappa shape index (κ2) is 8.94. The van der Waals surface area contributed by atoms with Crippen LogP contribution >= 0.6 is 0 Å². The second-order valence-electron chi connectivity index (χ2n) is 12.7. The molecule has 10 heteroatoms. The number of rotatable bonds is 1. The van der Waals surface area contributed by atoms with Gasteiger partial charge in [0.15, 0.2) is 0 Å². The summed E-state index contributed by atoms with van der Waals surface area (Å²) in [5, 5.41) is 3.37. The molecule has 0 unspecified atom stereocenters. The lowest BCUT2D eigenvalue weighted by atomic mass is 10.1. The van der Waals surface area contributed by atoms with Crippen LogP contribution < -0.4 is 5.32 Å². The molecule has 0 saturated carbocycles. The summed E-state index contributed by atoms with van der Waals surface area (Å²) in [7, 11) is -2.09. The van der Waals surface area contributed by atoms with Crippen molar-refractivity contribution in [3.63, 3.8) is 0 Å². The number of carbonyl (C=O) groups excluding carboxylic acids is 3. The Balaban J connectivity index is 2.61. The Morgan fingerprint density at radius 1 is 0.706 bits per heavy atom. The summed E-state index contributed by atoms with van der Waals surface area (Å²) in [6.07, 6.45) is -0.0769. The third kappa shape index (κ3) is 7.01. The molecular weight excluding hydrogens is 454 g/mol. The second-order valence-corrected chi connectivity index (χ2v) is 17.6. The molecule has 0 spiro atoms. The molecule has 9 nitrogen and oxygen atoms in total. The Hall–Kier alpha value is -2.49. The van der Waals surface area contributed by atoms with Crippen molar-refractivity contribution in [3.8, 4) is 0 Å². The first-order chi connectivity index (χ1) is 15.1. The monoisotopic (exact) mass is 495 g/mol. The highest BCUT2D eigenvalue weighted by Gasteiger charge is 2.41. The van der Waals surface area contributed by atoms with E-state index < -0.39 is 43.2 Å². The summed E-state index contributed by atoms with van der Waals surface area (Å²) >= 11 is 0. The molecule has 1 aromatic rings. The minimum atomic E-state index is -2.09. The van der Waals surface area contributed by atoms with Crippen LogP contribution in [0.3, 0.4) is 0 Å². The van der Waals surface area contributed by atoms with E-state index in [2.05, 4.69) is 19.6 Å². The van der Waals surface area contributed by atoms with Gasteiger partial charge in [-0.3, -0.25) is 4.57 Å². The van der Waals surface area contributed by atoms with E-state index in [1.54, 1.807) is 52.3 Å². The number of ether oxygens (including phenoxy) is 3. The van der Waals surface area contributed by atoms with Crippen molar-refractivity contribution in [1.29, 1.82) is 0 Å². The maximum atomic E-state index is 13.2. The minimum absolute atomic E-state index is 0.0662. The molecule has 1 aromatic heterocycles. The van der Waals surface area contributed by atoms with Crippen LogP contribution in [0.5, 0.6) is 0 Å². The summed E-state index contributed by atoms with van der Waals surface area (Å²) in [5.41, 5.74) is -0.544. The molecule has 0 fully saturated rings. The Bertz CT molecular complexity index is 958. The van der Waals surface area contributed by atoms with E-state index in [-0.39, 0.29) is 13.1 Å². The third-order valence-electron chi connectivity index (χ3n) is 4.63. The van der Waals surface area contributed by atoms with Crippen LogP contribution in [0, 0.1) is 0 Å². The predicted molar refractivity (Wildman–Crippen MR) is 133 cm³/mol. The quantitative estimate of drug-likeness (QED) is 0.392. The number of fused-ring (bicyclic) bond motifs is 1. The number of hydrogen-bond acceptors (Lipinski definition) is 6. The van der Waals surface area contributed by atoms with Crippen molar-refractivity contribution in [2.75, 3.05) is 0 Å². The van der Waals surface area contributed by atoms with Crippen molar-refractivity contribution >= 4 is 31.7 Å². The zero-order chi connectivity index (χ0) is 26.4. The highest BCUT2D eigenvalue weighted by Crippen LogP contribution is 2.28. The summed E-state index contributed by atoms with van der Waals surface area (Å²) in [6.45, 7) is 22.6. The van der Waals surface area contributed by atoms with Gasteiger partial charge in [0.05, 0.1) is 21.2 Å². The first-order valence-corrected chi connectivity index (χ1v) is 15.1. The number of hydrazine groups is 1. The van der Waals surface area contributed by atoms with Gasteiger partial charge in [-0.2, -0.15) is 0 Å². The third-order valence-corrected chi connectivity index (χ3v) is 6.59. The number of nitrogens with zero attached hydrogens (tertiary/aromatic N) is 3. The Labute approximate surface area is 204 Å². The maximum absolute atomic E-state index is 13.2. The molecule has 0 aliphatic carbocycles. The standard InChI is InChI=1S/C24H41N3O6Si/c1-22(2,3)31-19(28)25-13-16-14-26(20(29)32-23(4,5)6)27(21(30)33-24(7,8)9)15-17(16)18(25)34(10,11)12/h13H,14-15H2,1-12H3. The summed E-state index contributed by atoms with van der Waals surface area (Å²) in [4.78, 5) is 39.3. The van der Waals surface area contributed by atoms with Gasteiger partial charge in [0.25, 0.3) is 0 Å². The molecule has 0 bridgehead atoms. The van der Waals surface area contributed by atoms with Crippen molar-refractivity contribution in [3.05, 3.63) is 17.3 Å². The fourth-order valence-corrected chi connectivity index (χ4v) is 5.64. The van der Waals surface area contributed by atoms with Gasteiger partial charge >= 0.3 is 18.3 Å². The van der Waals surface area contributed by atoms with E-state index in [0.29, 0.717) is 0 Å². The fraction of sp³-hybridized carbons (Fsp3) is 0.708. The zero-order valence-electron chi connectivity index (χ0n) is 22.8. The van der Waals surface area contributed by atoms with Gasteiger partial charge in [0.2, 0.25) is 0 Å². The molecule has 2 heterocycles. The molecule has 2 amide bonds. The average molecular weight is 496 g/mol.